The maximum Gasteiger partial charge on any atom is 0.277 e. The first kappa shape index (κ1) is 20.2. The minimum absolute atomic E-state index is 0.0368. The Kier molecular flexibility index (Phi) is 6.64. The van der Waals surface area contributed by atoms with Crippen molar-refractivity contribution in [3.63, 3.8) is 0 Å². The van der Waals surface area contributed by atoms with Gasteiger partial charge in [0.05, 0.1) is 5.75 Å². The molecule has 1 aromatic heterocycles. The second-order valence-corrected chi connectivity index (χ2v) is 8.28. The van der Waals surface area contributed by atoms with Crippen molar-refractivity contribution >= 4 is 17.7 Å². The van der Waals surface area contributed by atoms with E-state index >= 15 is 0 Å². The zero-order chi connectivity index (χ0) is 19.3. The first-order valence-electron chi connectivity index (χ1n) is 8.70. The lowest BCUT2D eigenvalue weighted by molar-refractivity contribution is -0.127. The first-order chi connectivity index (χ1) is 12.2. The van der Waals surface area contributed by atoms with Crippen molar-refractivity contribution in [2.45, 2.75) is 45.3 Å². The zero-order valence-electron chi connectivity index (χ0n) is 16.2. The number of carbonyl (C=O) groups excluding carboxylic acids is 1. The third-order valence-electron chi connectivity index (χ3n) is 3.92. The maximum absolute atomic E-state index is 12.3. The molecule has 2 aromatic rings. The van der Waals surface area contributed by atoms with Crippen LogP contribution in [-0.4, -0.2) is 39.8 Å². The number of aromatic nitrogens is 2. The molecule has 1 aromatic carbocycles. The summed E-state index contributed by atoms with van der Waals surface area (Å²) in [7, 11) is 0. The fraction of sp³-hybridized carbons (Fsp3) is 0.450. The molecule has 1 heterocycles. The molecule has 5 nitrogen and oxygen atoms in total. The number of amides is 1. The number of hydrogen-bond donors (Lipinski definition) is 0. The summed E-state index contributed by atoms with van der Waals surface area (Å²) in [5.41, 5.74) is 3.19. The van der Waals surface area contributed by atoms with Crippen LogP contribution >= 0.6 is 11.8 Å². The third-order valence-corrected chi connectivity index (χ3v) is 4.72. The lowest BCUT2D eigenvalue weighted by Crippen LogP contribution is -2.33. The van der Waals surface area contributed by atoms with Crippen LogP contribution in [-0.2, 0) is 10.2 Å². The third kappa shape index (κ3) is 5.46. The van der Waals surface area contributed by atoms with Crippen LogP contribution in [0.2, 0.25) is 0 Å². The number of hydrogen-bond acceptors (Lipinski definition) is 5. The van der Waals surface area contributed by atoms with Gasteiger partial charge in [-0.2, -0.15) is 0 Å². The molecule has 0 saturated carbocycles. The van der Waals surface area contributed by atoms with Gasteiger partial charge >= 0.3 is 0 Å². The molecule has 140 valence electrons. The standard InChI is InChI=1S/C20H27N3O2S/c1-7-23(12-14(2)3)17(24)13-26-19-22-21-18(25-19)15-8-10-16(11-9-15)20(4,5)6/h8-11H,2,7,12-13H2,1,3-6H3. The van der Waals surface area contributed by atoms with Gasteiger partial charge in [0.2, 0.25) is 11.8 Å². The summed E-state index contributed by atoms with van der Waals surface area (Å²) < 4.78 is 5.69. The van der Waals surface area contributed by atoms with Gasteiger partial charge in [0, 0.05) is 18.7 Å². The van der Waals surface area contributed by atoms with Crippen LogP contribution < -0.4 is 0 Å². The topological polar surface area (TPSA) is 59.2 Å². The van der Waals surface area contributed by atoms with Gasteiger partial charge < -0.3 is 9.32 Å². The molecule has 6 heteroatoms. The molecule has 0 radical (unpaired) electrons. The van der Waals surface area contributed by atoms with Gasteiger partial charge in [-0.05, 0) is 37.0 Å². The summed E-state index contributed by atoms with van der Waals surface area (Å²) in [4.78, 5) is 14.0. The Morgan fingerprint density at radius 3 is 2.42 bits per heavy atom. The Balaban J connectivity index is 1.99. The van der Waals surface area contributed by atoms with E-state index in [2.05, 4.69) is 49.7 Å². The Hall–Kier alpha value is -2.08. The molecule has 0 atom stereocenters. The van der Waals surface area contributed by atoms with Gasteiger partial charge in [0.25, 0.3) is 5.22 Å². The average Bonchev–Trinajstić information content (AvgIpc) is 3.05. The van der Waals surface area contributed by atoms with E-state index in [9.17, 15) is 4.79 Å². The lowest BCUT2D eigenvalue weighted by Gasteiger charge is -2.20. The fourth-order valence-electron chi connectivity index (χ4n) is 2.41. The number of likely N-dealkylation sites (N-methyl/N-ethyl adjacent to an activating group) is 1. The maximum atomic E-state index is 12.3. The number of thioether (sulfide) groups is 1. The second kappa shape index (κ2) is 8.54. The Bertz CT molecular complexity index is 760. The molecule has 0 bridgehead atoms. The highest BCUT2D eigenvalue weighted by atomic mass is 32.2. The van der Waals surface area contributed by atoms with Gasteiger partial charge in [-0.15, -0.1) is 10.2 Å². The summed E-state index contributed by atoms with van der Waals surface area (Å²) in [5.74, 6) is 0.774. The predicted molar refractivity (Wildman–Crippen MR) is 106 cm³/mol. The normalized spacial score (nSPS) is 11.4. The predicted octanol–water partition coefficient (Wildman–Crippen LogP) is 4.55. The van der Waals surface area contributed by atoms with E-state index < -0.39 is 0 Å². The largest absolute Gasteiger partial charge is 0.411 e. The first-order valence-corrected chi connectivity index (χ1v) is 9.68. The van der Waals surface area contributed by atoms with Crippen molar-refractivity contribution in [3.8, 4) is 11.5 Å². The molecular weight excluding hydrogens is 346 g/mol. The summed E-state index contributed by atoms with van der Waals surface area (Å²) >= 11 is 1.26. The Morgan fingerprint density at radius 1 is 1.23 bits per heavy atom. The van der Waals surface area contributed by atoms with Crippen LogP contribution in [0.15, 0.2) is 46.1 Å². The van der Waals surface area contributed by atoms with Crippen LogP contribution in [0, 0.1) is 0 Å². The molecule has 0 aliphatic carbocycles. The van der Waals surface area contributed by atoms with Gasteiger partial charge in [-0.3, -0.25) is 4.79 Å². The number of carbonyl (C=O) groups is 1. The highest BCUT2D eigenvalue weighted by Gasteiger charge is 2.17. The molecule has 0 fully saturated rings. The van der Waals surface area contributed by atoms with Crippen LogP contribution in [0.5, 0.6) is 0 Å². The van der Waals surface area contributed by atoms with Gasteiger partial charge in [0.15, 0.2) is 0 Å². The highest BCUT2D eigenvalue weighted by molar-refractivity contribution is 7.99. The molecular formula is C20H27N3O2S. The molecule has 1 amide bonds. The van der Waals surface area contributed by atoms with Crippen LogP contribution in [0.3, 0.4) is 0 Å². The smallest absolute Gasteiger partial charge is 0.277 e. The van der Waals surface area contributed by atoms with E-state index in [4.69, 9.17) is 4.42 Å². The molecule has 0 unspecified atom stereocenters. The van der Waals surface area contributed by atoms with E-state index in [1.165, 1.54) is 17.3 Å². The quantitative estimate of drug-likeness (QED) is 0.526. The molecule has 0 saturated heterocycles. The molecule has 0 aliphatic rings. The van der Waals surface area contributed by atoms with E-state index in [1.54, 1.807) is 4.90 Å². The minimum Gasteiger partial charge on any atom is -0.411 e. The molecule has 26 heavy (non-hydrogen) atoms. The summed E-state index contributed by atoms with van der Waals surface area (Å²) in [5, 5.41) is 8.54. The van der Waals surface area contributed by atoms with Gasteiger partial charge in [0.1, 0.15) is 0 Å². The zero-order valence-corrected chi connectivity index (χ0v) is 17.0. The van der Waals surface area contributed by atoms with Crippen LogP contribution in [0.25, 0.3) is 11.5 Å². The fourth-order valence-corrected chi connectivity index (χ4v) is 3.08. The lowest BCUT2D eigenvalue weighted by atomic mass is 9.87. The minimum atomic E-state index is 0.0368. The number of nitrogens with zero attached hydrogens (tertiary/aromatic N) is 3. The SMILES string of the molecule is C=C(C)CN(CC)C(=O)CSc1nnc(-c2ccc(C(C)(C)C)cc2)o1. The molecule has 0 spiro atoms. The van der Waals surface area contributed by atoms with Crippen molar-refractivity contribution in [2.75, 3.05) is 18.8 Å². The van der Waals surface area contributed by atoms with Crippen molar-refractivity contribution in [2.24, 2.45) is 0 Å². The van der Waals surface area contributed by atoms with Crippen LogP contribution in [0.1, 0.15) is 40.2 Å². The van der Waals surface area contributed by atoms with Crippen molar-refractivity contribution in [3.05, 3.63) is 42.0 Å². The summed E-state index contributed by atoms with van der Waals surface area (Å²) in [6.07, 6.45) is 0. The number of rotatable bonds is 7. The van der Waals surface area contributed by atoms with E-state index in [1.807, 2.05) is 26.0 Å². The van der Waals surface area contributed by atoms with E-state index in [0.717, 1.165) is 11.1 Å². The van der Waals surface area contributed by atoms with Crippen molar-refractivity contribution < 1.29 is 9.21 Å². The Morgan fingerprint density at radius 2 is 1.88 bits per heavy atom. The van der Waals surface area contributed by atoms with Crippen molar-refractivity contribution in [1.29, 1.82) is 0 Å². The summed E-state index contributed by atoms with van der Waals surface area (Å²) in [6, 6.07) is 8.12. The highest BCUT2D eigenvalue weighted by Crippen LogP contribution is 2.27. The van der Waals surface area contributed by atoms with E-state index in [0.29, 0.717) is 24.2 Å². The summed E-state index contributed by atoms with van der Waals surface area (Å²) in [6.45, 7) is 15.5. The molecule has 2 rings (SSSR count). The Labute approximate surface area is 159 Å². The van der Waals surface area contributed by atoms with Crippen LogP contribution in [0.4, 0.5) is 0 Å². The monoisotopic (exact) mass is 373 g/mol. The molecule has 0 aliphatic heterocycles. The second-order valence-electron chi connectivity index (χ2n) is 7.35. The van der Waals surface area contributed by atoms with Crippen molar-refractivity contribution in [1.82, 2.24) is 15.1 Å². The van der Waals surface area contributed by atoms with Gasteiger partial charge in [-0.25, -0.2) is 0 Å². The van der Waals surface area contributed by atoms with E-state index in [-0.39, 0.29) is 17.1 Å². The number of benzene rings is 1. The van der Waals surface area contributed by atoms with Gasteiger partial charge in [-0.1, -0.05) is 56.8 Å². The molecule has 0 N–H and O–H groups in total. The average molecular weight is 374 g/mol.